The smallest absolute Gasteiger partial charge is 0.311 e. The highest BCUT2D eigenvalue weighted by atomic mass is 16.5. The highest BCUT2D eigenvalue weighted by molar-refractivity contribution is 5.75. The standard InChI is InChI=1S/C10H14.C9H16O2/c1-3-9(2)10-7-5-4-6-8-10;1-5-7-11-8(10)9(3,4)6-2/h4-9H,3H2,1-2H3;5H,1,6-7H2,2-4H3. The third kappa shape index (κ3) is 7.69. The lowest BCUT2D eigenvalue weighted by atomic mass is 9.91. The maximum Gasteiger partial charge on any atom is 0.311 e. The summed E-state index contributed by atoms with van der Waals surface area (Å²) in [6.45, 7) is 14.0. The molecule has 2 nitrogen and oxygen atoms in total. The number of benzene rings is 1. The molecule has 0 saturated heterocycles. The zero-order valence-corrected chi connectivity index (χ0v) is 14.2. The summed E-state index contributed by atoms with van der Waals surface area (Å²) in [4.78, 5) is 11.2. The molecule has 0 aromatic heterocycles. The van der Waals surface area contributed by atoms with E-state index in [4.69, 9.17) is 4.74 Å². The number of esters is 1. The van der Waals surface area contributed by atoms with Crippen LogP contribution in [0, 0.1) is 5.41 Å². The van der Waals surface area contributed by atoms with Crippen LogP contribution in [0.5, 0.6) is 0 Å². The molecule has 1 rings (SSSR count). The second-order valence-corrected chi connectivity index (χ2v) is 5.84. The normalized spacial score (nSPS) is 11.9. The van der Waals surface area contributed by atoms with Gasteiger partial charge in [0.15, 0.2) is 0 Å². The lowest BCUT2D eigenvalue weighted by Gasteiger charge is -2.19. The zero-order valence-electron chi connectivity index (χ0n) is 14.2. The molecule has 0 aliphatic carbocycles. The molecule has 0 bridgehead atoms. The van der Waals surface area contributed by atoms with Crippen LogP contribution < -0.4 is 0 Å². The van der Waals surface area contributed by atoms with E-state index in [0.29, 0.717) is 12.5 Å². The summed E-state index contributed by atoms with van der Waals surface area (Å²) in [6, 6.07) is 10.6. The molecule has 1 unspecified atom stereocenters. The first-order valence-corrected chi connectivity index (χ1v) is 7.72. The molecule has 0 heterocycles. The summed E-state index contributed by atoms with van der Waals surface area (Å²) in [5.41, 5.74) is 1.09. The van der Waals surface area contributed by atoms with Crippen molar-refractivity contribution in [2.24, 2.45) is 5.41 Å². The molecule has 118 valence electrons. The Labute approximate surface area is 130 Å². The number of hydrogen-bond donors (Lipinski definition) is 0. The van der Waals surface area contributed by atoms with Gasteiger partial charge >= 0.3 is 5.97 Å². The Kier molecular flexibility index (Phi) is 9.44. The molecule has 0 aliphatic heterocycles. The third-order valence-corrected chi connectivity index (χ3v) is 3.75. The Morgan fingerprint density at radius 2 is 1.86 bits per heavy atom. The van der Waals surface area contributed by atoms with Crippen molar-refractivity contribution in [2.45, 2.75) is 53.4 Å². The fourth-order valence-corrected chi connectivity index (χ4v) is 1.49. The zero-order chi connectivity index (χ0) is 16.3. The van der Waals surface area contributed by atoms with Crippen LogP contribution in [-0.2, 0) is 9.53 Å². The van der Waals surface area contributed by atoms with E-state index in [2.05, 4.69) is 50.8 Å². The van der Waals surface area contributed by atoms with E-state index in [9.17, 15) is 4.79 Å². The summed E-state index contributed by atoms with van der Waals surface area (Å²) < 4.78 is 4.89. The second-order valence-electron chi connectivity index (χ2n) is 5.84. The van der Waals surface area contributed by atoms with Gasteiger partial charge in [-0.05, 0) is 38.2 Å². The van der Waals surface area contributed by atoms with Gasteiger partial charge in [-0.1, -0.05) is 63.8 Å². The van der Waals surface area contributed by atoms with Crippen LogP contribution in [0.4, 0.5) is 0 Å². The van der Waals surface area contributed by atoms with Gasteiger partial charge in [-0.2, -0.15) is 0 Å². The van der Waals surface area contributed by atoms with Gasteiger partial charge in [-0.15, -0.1) is 0 Å². The van der Waals surface area contributed by atoms with E-state index in [0.717, 1.165) is 6.42 Å². The molecular formula is C19H30O2. The fourth-order valence-electron chi connectivity index (χ4n) is 1.49. The number of rotatable bonds is 6. The van der Waals surface area contributed by atoms with Gasteiger partial charge in [0.1, 0.15) is 6.61 Å². The van der Waals surface area contributed by atoms with E-state index in [1.165, 1.54) is 12.0 Å². The minimum absolute atomic E-state index is 0.153. The van der Waals surface area contributed by atoms with Crippen molar-refractivity contribution in [2.75, 3.05) is 6.61 Å². The van der Waals surface area contributed by atoms with Gasteiger partial charge in [0.05, 0.1) is 5.41 Å². The van der Waals surface area contributed by atoms with Crippen molar-refractivity contribution in [3.63, 3.8) is 0 Å². The Morgan fingerprint density at radius 3 is 2.29 bits per heavy atom. The largest absolute Gasteiger partial charge is 0.461 e. The van der Waals surface area contributed by atoms with Crippen LogP contribution in [0.1, 0.15) is 58.9 Å². The van der Waals surface area contributed by atoms with Crippen molar-refractivity contribution in [1.29, 1.82) is 0 Å². The molecular weight excluding hydrogens is 260 g/mol. The summed E-state index contributed by atoms with van der Waals surface area (Å²) in [7, 11) is 0. The average molecular weight is 290 g/mol. The molecule has 1 aromatic carbocycles. The molecule has 0 amide bonds. The van der Waals surface area contributed by atoms with Crippen molar-refractivity contribution in [3.05, 3.63) is 48.6 Å². The van der Waals surface area contributed by atoms with E-state index in [1.807, 2.05) is 20.8 Å². The van der Waals surface area contributed by atoms with E-state index < -0.39 is 0 Å². The maximum atomic E-state index is 11.2. The molecule has 21 heavy (non-hydrogen) atoms. The predicted octanol–water partition coefficient (Wildman–Crippen LogP) is 5.35. The third-order valence-electron chi connectivity index (χ3n) is 3.75. The Balaban J connectivity index is 0.000000382. The van der Waals surface area contributed by atoms with Crippen molar-refractivity contribution in [3.8, 4) is 0 Å². The van der Waals surface area contributed by atoms with Gasteiger partial charge in [0.2, 0.25) is 0 Å². The lowest BCUT2D eigenvalue weighted by molar-refractivity contribution is -0.152. The number of carbonyl (C=O) groups is 1. The van der Waals surface area contributed by atoms with Crippen molar-refractivity contribution >= 4 is 5.97 Å². The summed E-state index contributed by atoms with van der Waals surface area (Å²) in [6.07, 6.45) is 3.59. The molecule has 2 heteroatoms. The number of carbonyl (C=O) groups excluding carboxylic acids is 1. The SMILES string of the molecule is C=CCOC(=O)C(C)(C)CC.CCC(C)c1ccccc1. The lowest BCUT2D eigenvalue weighted by Crippen LogP contribution is -2.25. The molecule has 1 aromatic rings. The first-order chi connectivity index (χ1) is 9.88. The van der Waals surface area contributed by atoms with Gasteiger partial charge in [-0.25, -0.2) is 0 Å². The van der Waals surface area contributed by atoms with Gasteiger partial charge in [0, 0.05) is 0 Å². The van der Waals surface area contributed by atoms with E-state index >= 15 is 0 Å². The highest BCUT2D eigenvalue weighted by Crippen LogP contribution is 2.21. The molecule has 0 aliphatic rings. The summed E-state index contributed by atoms with van der Waals surface area (Å²) in [5, 5.41) is 0. The number of ether oxygens (including phenoxy) is 1. The van der Waals surface area contributed by atoms with Gasteiger partial charge < -0.3 is 4.74 Å². The molecule has 0 N–H and O–H groups in total. The van der Waals surface area contributed by atoms with Crippen LogP contribution in [0.15, 0.2) is 43.0 Å². The fraction of sp³-hybridized carbons (Fsp3) is 0.526. The van der Waals surface area contributed by atoms with Crippen LogP contribution >= 0.6 is 0 Å². The Bertz CT molecular complexity index is 407. The van der Waals surface area contributed by atoms with Crippen molar-refractivity contribution < 1.29 is 9.53 Å². The molecule has 0 fully saturated rings. The number of hydrogen-bond acceptors (Lipinski definition) is 2. The average Bonchev–Trinajstić information content (AvgIpc) is 2.53. The van der Waals surface area contributed by atoms with Gasteiger partial charge in [-0.3, -0.25) is 4.79 Å². The first-order valence-electron chi connectivity index (χ1n) is 7.72. The topological polar surface area (TPSA) is 26.3 Å². The molecule has 0 saturated carbocycles. The quantitative estimate of drug-likeness (QED) is 0.521. The van der Waals surface area contributed by atoms with Crippen LogP contribution in [0.25, 0.3) is 0 Å². The van der Waals surface area contributed by atoms with Crippen molar-refractivity contribution in [1.82, 2.24) is 0 Å². The van der Waals surface area contributed by atoms with Gasteiger partial charge in [0.25, 0.3) is 0 Å². The molecule has 0 radical (unpaired) electrons. The molecule has 0 spiro atoms. The predicted molar refractivity (Wildman–Crippen MR) is 90.4 cm³/mol. The minimum Gasteiger partial charge on any atom is -0.461 e. The maximum absolute atomic E-state index is 11.2. The van der Waals surface area contributed by atoms with E-state index in [1.54, 1.807) is 6.08 Å². The highest BCUT2D eigenvalue weighted by Gasteiger charge is 2.26. The summed E-state index contributed by atoms with van der Waals surface area (Å²) >= 11 is 0. The first kappa shape index (κ1) is 19.4. The summed E-state index contributed by atoms with van der Waals surface area (Å²) in [5.74, 6) is 0.557. The Morgan fingerprint density at radius 1 is 1.29 bits per heavy atom. The second kappa shape index (κ2) is 10.2. The Hall–Kier alpha value is -1.57. The monoisotopic (exact) mass is 290 g/mol. The van der Waals surface area contributed by atoms with Crippen LogP contribution in [-0.4, -0.2) is 12.6 Å². The van der Waals surface area contributed by atoms with Crippen LogP contribution in [0.2, 0.25) is 0 Å². The molecule has 1 atom stereocenters. The van der Waals surface area contributed by atoms with Crippen LogP contribution in [0.3, 0.4) is 0 Å². The van der Waals surface area contributed by atoms with E-state index in [-0.39, 0.29) is 11.4 Å². The minimum atomic E-state index is -0.358.